The molecule has 4 rings (SSSR count). The fourth-order valence-electron chi connectivity index (χ4n) is 3.77. The first-order valence-electron chi connectivity index (χ1n) is 11.8. The lowest BCUT2D eigenvalue weighted by Gasteiger charge is -2.36. The third kappa shape index (κ3) is 6.26. The number of carbonyl (C=O) groups excluding carboxylic acids is 2. The number of anilines is 2. The molecule has 2 N–H and O–H groups in total. The molecule has 2 aromatic rings. The van der Waals surface area contributed by atoms with Gasteiger partial charge in [0.25, 0.3) is 10.0 Å². The lowest BCUT2D eigenvalue weighted by Crippen LogP contribution is -2.45. The second-order valence-corrected chi connectivity index (χ2v) is 11.8. The van der Waals surface area contributed by atoms with Crippen molar-refractivity contribution in [2.45, 2.75) is 56.6 Å². The number of halogens is 1. The Morgan fingerprint density at radius 3 is 2.47 bits per heavy atom. The van der Waals surface area contributed by atoms with Crippen LogP contribution in [0.25, 0.3) is 0 Å². The number of nitrogens with zero attached hydrogens (tertiary/aromatic N) is 1. The van der Waals surface area contributed by atoms with Crippen molar-refractivity contribution in [2.24, 2.45) is 5.92 Å². The van der Waals surface area contributed by atoms with Crippen LogP contribution in [0.5, 0.6) is 5.75 Å². The summed E-state index contributed by atoms with van der Waals surface area (Å²) in [7, 11) is -4.09. The Hall–Kier alpha value is -3.34. The summed E-state index contributed by atoms with van der Waals surface area (Å²) < 4.78 is 53.1. The van der Waals surface area contributed by atoms with Gasteiger partial charge in [-0.1, -0.05) is 0 Å². The molecule has 0 radical (unpaired) electrons. The molecule has 0 aromatic heterocycles. The molecule has 1 heterocycles. The topological polar surface area (TPSA) is 114 Å². The fraction of sp³-hybridized carbons (Fsp3) is 0.440. The standard InChI is InChI=1S/C25H30FN3O6S/c1-25(2,3)35-24(31)28-18-8-11-22-21(14-18)29(36(32,33)20-9-6-17(26)7-10-20)15-19(34-22)12-13-27-23(30)16-4-5-16/h6-11,14,16,19H,4-5,12-13,15H2,1-3H3,(H,27,30)(H,28,31). The van der Waals surface area contributed by atoms with Crippen molar-refractivity contribution in [1.29, 1.82) is 0 Å². The minimum absolute atomic E-state index is 0.000131. The van der Waals surface area contributed by atoms with Crippen molar-refractivity contribution in [3.05, 3.63) is 48.3 Å². The van der Waals surface area contributed by atoms with E-state index in [0.717, 1.165) is 25.0 Å². The third-order valence-electron chi connectivity index (χ3n) is 5.65. The largest absolute Gasteiger partial charge is 0.486 e. The number of fused-ring (bicyclic) bond motifs is 1. The van der Waals surface area contributed by atoms with Gasteiger partial charge in [0.1, 0.15) is 23.3 Å². The number of nitrogens with one attached hydrogen (secondary N) is 2. The molecule has 2 aromatic carbocycles. The highest BCUT2D eigenvalue weighted by molar-refractivity contribution is 7.92. The molecule has 0 bridgehead atoms. The van der Waals surface area contributed by atoms with E-state index in [1.807, 2.05) is 0 Å². The van der Waals surface area contributed by atoms with Gasteiger partial charge in [-0.2, -0.15) is 0 Å². The van der Waals surface area contributed by atoms with E-state index in [-0.39, 0.29) is 29.0 Å². The lowest BCUT2D eigenvalue weighted by atomic mass is 10.1. The van der Waals surface area contributed by atoms with Gasteiger partial charge < -0.3 is 14.8 Å². The molecule has 0 saturated heterocycles. The minimum Gasteiger partial charge on any atom is -0.486 e. The molecule has 36 heavy (non-hydrogen) atoms. The van der Waals surface area contributed by atoms with Crippen LogP contribution in [0.3, 0.4) is 0 Å². The summed E-state index contributed by atoms with van der Waals surface area (Å²) in [6.45, 7) is 5.52. The number of rotatable bonds is 7. The highest BCUT2D eigenvalue weighted by atomic mass is 32.2. The van der Waals surface area contributed by atoms with E-state index in [0.29, 0.717) is 24.4 Å². The average Bonchev–Trinajstić information content (AvgIpc) is 3.63. The molecule has 1 aliphatic carbocycles. The van der Waals surface area contributed by atoms with Crippen molar-refractivity contribution in [3.8, 4) is 5.75 Å². The van der Waals surface area contributed by atoms with Crippen molar-refractivity contribution in [2.75, 3.05) is 22.7 Å². The summed E-state index contributed by atoms with van der Waals surface area (Å²) >= 11 is 0. The van der Waals surface area contributed by atoms with Gasteiger partial charge in [-0.3, -0.25) is 14.4 Å². The van der Waals surface area contributed by atoms with Crippen LogP contribution in [-0.4, -0.2) is 45.2 Å². The van der Waals surface area contributed by atoms with Gasteiger partial charge in [0.05, 0.1) is 17.1 Å². The average molecular weight is 520 g/mol. The zero-order valence-corrected chi connectivity index (χ0v) is 21.2. The fourth-order valence-corrected chi connectivity index (χ4v) is 5.27. The molecule has 1 unspecified atom stereocenters. The molecule has 2 aliphatic rings. The van der Waals surface area contributed by atoms with Crippen molar-refractivity contribution < 1.29 is 31.9 Å². The van der Waals surface area contributed by atoms with Crippen LogP contribution in [0.15, 0.2) is 47.4 Å². The van der Waals surface area contributed by atoms with E-state index in [4.69, 9.17) is 9.47 Å². The molecule has 1 aliphatic heterocycles. The second-order valence-electron chi connectivity index (χ2n) is 9.89. The Morgan fingerprint density at radius 1 is 1.14 bits per heavy atom. The SMILES string of the molecule is CC(C)(C)OC(=O)Nc1ccc2c(c1)N(S(=O)(=O)c1ccc(F)cc1)CC(CCNC(=O)C1CC1)O2. The smallest absolute Gasteiger partial charge is 0.412 e. The molecular weight excluding hydrogens is 489 g/mol. The summed E-state index contributed by atoms with van der Waals surface area (Å²) in [4.78, 5) is 24.1. The number of amides is 2. The second kappa shape index (κ2) is 9.96. The molecule has 194 valence electrons. The summed E-state index contributed by atoms with van der Waals surface area (Å²) in [5.41, 5.74) is -0.159. The van der Waals surface area contributed by atoms with E-state index in [2.05, 4.69) is 10.6 Å². The molecular formula is C25H30FN3O6S. The summed E-state index contributed by atoms with van der Waals surface area (Å²) in [5, 5.41) is 5.47. The maximum atomic E-state index is 13.6. The predicted molar refractivity (Wildman–Crippen MR) is 132 cm³/mol. The van der Waals surface area contributed by atoms with Crippen LogP contribution in [0.1, 0.15) is 40.0 Å². The molecule has 0 spiro atoms. The maximum absolute atomic E-state index is 13.6. The van der Waals surface area contributed by atoms with E-state index in [1.54, 1.807) is 32.9 Å². The first kappa shape index (κ1) is 25.7. The quantitative estimate of drug-likeness (QED) is 0.571. The normalized spacial score (nSPS) is 17.6. The first-order valence-corrected chi connectivity index (χ1v) is 13.2. The van der Waals surface area contributed by atoms with E-state index < -0.39 is 33.6 Å². The van der Waals surface area contributed by atoms with Crippen LogP contribution in [0.4, 0.5) is 20.6 Å². The van der Waals surface area contributed by atoms with Crippen LogP contribution < -0.4 is 19.7 Å². The molecule has 1 fully saturated rings. The monoisotopic (exact) mass is 519 g/mol. The Labute approximate surface area is 210 Å². The lowest BCUT2D eigenvalue weighted by molar-refractivity contribution is -0.122. The number of ether oxygens (including phenoxy) is 2. The molecule has 9 nitrogen and oxygen atoms in total. The summed E-state index contributed by atoms with van der Waals surface area (Å²) in [5.74, 6) is -0.172. The van der Waals surface area contributed by atoms with Crippen LogP contribution in [0.2, 0.25) is 0 Å². The van der Waals surface area contributed by atoms with Gasteiger partial charge in [0, 0.05) is 24.6 Å². The van der Waals surface area contributed by atoms with Gasteiger partial charge in [-0.25, -0.2) is 17.6 Å². The summed E-state index contributed by atoms with van der Waals surface area (Å²) in [6.07, 6.45) is 0.962. The third-order valence-corrected chi connectivity index (χ3v) is 7.45. The molecule has 11 heteroatoms. The van der Waals surface area contributed by atoms with E-state index in [9.17, 15) is 22.4 Å². The Morgan fingerprint density at radius 2 is 1.83 bits per heavy atom. The molecule has 1 atom stereocenters. The zero-order chi connectivity index (χ0) is 26.1. The summed E-state index contributed by atoms with van der Waals surface area (Å²) in [6, 6.07) is 9.22. The van der Waals surface area contributed by atoms with E-state index >= 15 is 0 Å². The van der Waals surface area contributed by atoms with Gasteiger partial charge >= 0.3 is 6.09 Å². The van der Waals surface area contributed by atoms with E-state index in [1.165, 1.54) is 22.5 Å². The number of sulfonamides is 1. The number of hydrogen-bond acceptors (Lipinski definition) is 6. The number of benzene rings is 2. The minimum atomic E-state index is -4.09. The van der Waals surface area contributed by atoms with Crippen LogP contribution >= 0.6 is 0 Å². The van der Waals surface area contributed by atoms with Gasteiger partial charge in [-0.05, 0) is 76.1 Å². The molecule has 1 saturated carbocycles. The van der Waals surface area contributed by atoms with Gasteiger partial charge in [0.2, 0.25) is 5.91 Å². The van der Waals surface area contributed by atoms with Crippen LogP contribution in [-0.2, 0) is 19.6 Å². The van der Waals surface area contributed by atoms with Gasteiger partial charge in [-0.15, -0.1) is 0 Å². The highest BCUT2D eigenvalue weighted by Gasteiger charge is 2.35. The highest BCUT2D eigenvalue weighted by Crippen LogP contribution is 2.39. The zero-order valence-electron chi connectivity index (χ0n) is 20.4. The maximum Gasteiger partial charge on any atom is 0.412 e. The Bertz CT molecular complexity index is 1240. The van der Waals surface area contributed by atoms with Crippen LogP contribution in [0, 0.1) is 11.7 Å². The van der Waals surface area contributed by atoms with Gasteiger partial charge in [0.15, 0.2) is 0 Å². The van der Waals surface area contributed by atoms with Crippen molar-refractivity contribution in [1.82, 2.24) is 5.32 Å². The Balaban J connectivity index is 1.59. The number of hydrogen-bond donors (Lipinski definition) is 2. The van der Waals surface area contributed by atoms with Crippen molar-refractivity contribution in [3.63, 3.8) is 0 Å². The first-order chi connectivity index (χ1) is 16.9. The molecule has 2 amide bonds. The Kier molecular flexibility index (Phi) is 7.12. The predicted octanol–water partition coefficient (Wildman–Crippen LogP) is 4.05. The number of carbonyl (C=O) groups is 2. The van der Waals surface area contributed by atoms with Crippen molar-refractivity contribution >= 4 is 33.4 Å².